The lowest BCUT2D eigenvalue weighted by Crippen LogP contribution is -2.50. The van der Waals surface area contributed by atoms with Gasteiger partial charge in [0.2, 0.25) is 15.9 Å². The summed E-state index contributed by atoms with van der Waals surface area (Å²) in [6.45, 7) is 7.28. The second-order valence-electron chi connectivity index (χ2n) is 8.81. The normalized spacial score (nSPS) is 16.8. The Balaban J connectivity index is 2.14. The van der Waals surface area contributed by atoms with Gasteiger partial charge in [0.1, 0.15) is 9.84 Å². The Bertz CT molecular complexity index is 1030. The molecular formula is C20H34N4O6S2. The van der Waals surface area contributed by atoms with Gasteiger partial charge in [0.25, 0.3) is 0 Å². The number of carbonyl (C=O) groups is 1. The van der Waals surface area contributed by atoms with Crippen LogP contribution in [0.4, 0.5) is 11.4 Å². The molecule has 0 bridgehead atoms. The summed E-state index contributed by atoms with van der Waals surface area (Å²) in [4.78, 5) is 12.4. The van der Waals surface area contributed by atoms with Crippen LogP contribution in [0.5, 0.6) is 0 Å². The van der Waals surface area contributed by atoms with E-state index < -0.39 is 43.8 Å². The van der Waals surface area contributed by atoms with E-state index >= 15 is 0 Å². The molecule has 1 aromatic carbocycles. The fraction of sp³-hybridized carbons (Fsp3) is 0.650. The third-order valence-electron chi connectivity index (χ3n) is 5.09. The van der Waals surface area contributed by atoms with Crippen LogP contribution in [-0.2, 0) is 24.7 Å². The van der Waals surface area contributed by atoms with Gasteiger partial charge >= 0.3 is 0 Å². The third-order valence-corrected chi connectivity index (χ3v) is 8.03. The molecule has 182 valence electrons. The molecule has 1 aliphatic heterocycles. The van der Waals surface area contributed by atoms with E-state index in [1.54, 1.807) is 19.1 Å². The van der Waals surface area contributed by atoms with Gasteiger partial charge in [-0.25, -0.2) is 16.8 Å². The van der Waals surface area contributed by atoms with Gasteiger partial charge in [0.15, 0.2) is 0 Å². The molecular weight excluding hydrogens is 456 g/mol. The molecule has 0 unspecified atom stereocenters. The summed E-state index contributed by atoms with van der Waals surface area (Å²) in [6.07, 6.45) is -0.138. The molecule has 12 heteroatoms. The number of rotatable bonds is 11. The molecule has 4 N–H and O–H groups in total. The maximum Gasteiger partial charge on any atom is 0.243 e. The molecule has 0 aliphatic carbocycles. The monoisotopic (exact) mass is 490 g/mol. The van der Waals surface area contributed by atoms with Gasteiger partial charge in [0, 0.05) is 25.3 Å². The van der Waals surface area contributed by atoms with E-state index in [0.29, 0.717) is 12.4 Å². The fourth-order valence-corrected chi connectivity index (χ4v) is 6.11. The van der Waals surface area contributed by atoms with Crippen LogP contribution in [-0.4, -0.2) is 76.1 Å². The molecule has 0 radical (unpaired) electrons. The van der Waals surface area contributed by atoms with Crippen LogP contribution in [0.2, 0.25) is 0 Å². The summed E-state index contributed by atoms with van der Waals surface area (Å²) in [6, 6.07) is 3.99. The highest BCUT2D eigenvalue weighted by atomic mass is 32.2. The maximum absolute atomic E-state index is 13.3. The first-order chi connectivity index (χ1) is 14.7. The number of hydrogen-bond donors (Lipinski definition) is 4. The Kier molecular flexibility index (Phi) is 8.54. The highest BCUT2D eigenvalue weighted by Crippen LogP contribution is 2.30. The molecule has 0 spiro atoms. The average molecular weight is 491 g/mol. The number of aliphatic hydroxyl groups excluding tert-OH is 1. The van der Waals surface area contributed by atoms with Crippen molar-refractivity contribution < 1.29 is 26.7 Å². The van der Waals surface area contributed by atoms with Crippen molar-refractivity contribution in [1.82, 2.24) is 9.62 Å². The minimum atomic E-state index is -3.90. The van der Waals surface area contributed by atoms with Crippen molar-refractivity contribution in [2.24, 2.45) is 11.8 Å². The van der Waals surface area contributed by atoms with E-state index in [1.807, 2.05) is 13.8 Å². The average Bonchev–Trinajstić information content (AvgIpc) is 3.13. The first-order valence-electron chi connectivity index (χ1n) is 10.5. The summed E-state index contributed by atoms with van der Waals surface area (Å²) in [5.41, 5.74) is 1.51. The van der Waals surface area contributed by atoms with Crippen LogP contribution in [0, 0.1) is 11.8 Å². The Morgan fingerprint density at radius 2 is 1.72 bits per heavy atom. The molecule has 0 fully saturated rings. The molecule has 1 heterocycles. The van der Waals surface area contributed by atoms with Gasteiger partial charge in [-0.15, -0.1) is 0 Å². The first kappa shape index (κ1) is 26.4. The zero-order valence-corrected chi connectivity index (χ0v) is 20.8. The lowest BCUT2D eigenvalue weighted by molar-refractivity contribution is -0.125. The summed E-state index contributed by atoms with van der Waals surface area (Å²) in [5.74, 6) is -1.61. The van der Waals surface area contributed by atoms with Crippen molar-refractivity contribution in [3.05, 3.63) is 18.2 Å². The topological polar surface area (TPSA) is 145 Å². The van der Waals surface area contributed by atoms with Crippen molar-refractivity contribution in [1.29, 1.82) is 0 Å². The molecule has 1 aromatic rings. The zero-order valence-electron chi connectivity index (χ0n) is 19.1. The van der Waals surface area contributed by atoms with Crippen molar-refractivity contribution in [3.63, 3.8) is 0 Å². The second-order valence-corrected chi connectivity index (χ2v) is 12.9. The van der Waals surface area contributed by atoms with E-state index in [-0.39, 0.29) is 29.7 Å². The number of fused-ring (bicyclic) bond motifs is 1. The predicted molar refractivity (Wildman–Crippen MR) is 125 cm³/mol. The molecule has 0 aromatic heterocycles. The van der Waals surface area contributed by atoms with E-state index in [9.17, 15) is 26.7 Å². The van der Waals surface area contributed by atoms with Crippen LogP contribution < -0.4 is 16.0 Å². The van der Waals surface area contributed by atoms with Gasteiger partial charge in [0.05, 0.1) is 40.8 Å². The Hall–Kier alpha value is -1.89. The SMILES string of the molecule is CC(C)CN(C[C@@H](O)[C@H](C)NC(=O)[C@H](C)CS(C)(=O)=O)S(=O)(=O)c1ccc2c(c1)NCN2. The van der Waals surface area contributed by atoms with E-state index in [4.69, 9.17) is 0 Å². The second kappa shape index (κ2) is 10.4. The zero-order chi connectivity index (χ0) is 24.3. The van der Waals surface area contributed by atoms with E-state index in [1.165, 1.54) is 17.3 Å². The number of nitrogens with zero attached hydrogens (tertiary/aromatic N) is 1. The van der Waals surface area contributed by atoms with Crippen LogP contribution in [0.25, 0.3) is 0 Å². The van der Waals surface area contributed by atoms with Crippen molar-refractivity contribution in [2.75, 3.05) is 42.4 Å². The highest BCUT2D eigenvalue weighted by Gasteiger charge is 2.31. The smallest absolute Gasteiger partial charge is 0.243 e. The summed E-state index contributed by atoms with van der Waals surface area (Å²) < 4.78 is 50.7. The first-order valence-corrected chi connectivity index (χ1v) is 14.0. The number of nitrogens with one attached hydrogen (secondary N) is 3. The van der Waals surface area contributed by atoms with E-state index in [0.717, 1.165) is 11.9 Å². The van der Waals surface area contributed by atoms with Crippen molar-refractivity contribution >= 4 is 37.1 Å². The summed E-state index contributed by atoms with van der Waals surface area (Å²) in [7, 11) is -7.23. The lowest BCUT2D eigenvalue weighted by atomic mass is 10.1. The van der Waals surface area contributed by atoms with Crippen LogP contribution in [0.1, 0.15) is 27.7 Å². The van der Waals surface area contributed by atoms with Gasteiger partial charge < -0.3 is 21.1 Å². The number of sulfone groups is 1. The molecule has 10 nitrogen and oxygen atoms in total. The number of carbonyl (C=O) groups excluding carboxylic acids is 1. The van der Waals surface area contributed by atoms with Gasteiger partial charge in [-0.2, -0.15) is 4.31 Å². The molecule has 1 amide bonds. The van der Waals surface area contributed by atoms with Crippen molar-refractivity contribution in [3.8, 4) is 0 Å². The summed E-state index contributed by atoms with van der Waals surface area (Å²) in [5, 5.41) is 19.4. The lowest BCUT2D eigenvalue weighted by Gasteiger charge is -2.29. The van der Waals surface area contributed by atoms with Crippen LogP contribution >= 0.6 is 0 Å². The van der Waals surface area contributed by atoms with Crippen molar-refractivity contribution in [2.45, 2.75) is 44.7 Å². The number of benzene rings is 1. The Labute approximate surface area is 190 Å². The minimum Gasteiger partial charge on any atom is -0.390 e. The number of sulfonamides is 1. The summed E-state index contributed by atoms with van der Waals surface area (Å²) >= 11 is 0. The maximum atomic E-state index is 13.3. The highest BCUT2D eigenvalue weighted by molar-refractivity contribution is 7.90. The number of anilines is 2. The Morgan fingerprint density at radius 1 is 1.09 bits per heavy atom. The third kappa shape index (κ3) is 7.06. The predicted octanol–water partition coefficient (Wildman–Crippen LogP) is 0.675. The largest absolute Gasteiger partial charge is 0.390 e. The molecule has 1 aliphatic rings. The number of amides is 1. The fourth-order valence-electron chi connectivity index (χ4n) is 3.41. The quantitative estimate of drug-likeness (QED) is 0.354. The van der Waals surface area contributed by atoms with Gasteiger partial charge in [-0.1, -0.05) is 20.8 Å². The Morgan fingerprint density at radius 3 is 2.31 bits per heavy atom. The molecule has 3 atom stereocenters. The number of aliphatic hydroxyl groups is 1. The molecule has 0 saturated carbocycles. The molecule has 32 heavy (non-hydrogen) atoms. The van der Waals surface area contributed by atoms with Gasteiger partial charge in [-0.05, 0) is 31.0 Å². The van der Waals surface area contributed by atoms with Gasteiger partial charge in [-0.3, -0.25) is 4.79 Å². The molecule has 2 rings (SSSR count). The molecule has 0 saturated heterocycles. The minimum absolute atomic E-state index is 0.00544. The van der Waals surface area contributed by atoms with Crippen LogP contribution in [0.15, 0.2) is 23.1 Å². The standard InChI is InChI=1S/C20H34N4O6S2/c1-13(2)9-24(32(29,30)16-6-7-17-18(8-16)22-12-21-17)10-19(25)15(4)23-20(26)14(3)11-31(5,27)28/h6-8,13-15,19,21-22,25H,9-12H2,1-5H3,(H,23,26)/t14-,15+,19-/m1/s1. The van der Waals surface area contributed by atoms with Crippen LogP contribution in [0.3, 0.4) is 0 Å². The number of hydrogen-bond acceptors (Lipinski definition) is 8. The van der Waals surface area contributed by atoms with E-state index in [2.05, 4.69) is 16.0 Å².